The number of anilines is 1. The highest BCUT2D eigenvalue weighted by Crippen LogP contribution is 2.22. The normalized spacial score (nSPS) is 9.80. The number of halogens is 2. The topological polar surface area (TPSA) is 38.3 Å². The lowest BCUT2D eigenvalue weighted by molar-refractivity contribution is -0.140. The van der Waals surface area contributed by atoms with Gasteiger partial charge in [-0.05, 0) is 34.1 Å². The molecule has 1 N–H and O–H groups in total. The fourth-order valence-electron chi connectivity index (χ4n) is 1.03. The number of esters is 1. The van der Waals surface area contributed by atoms with E-state index in [4.69, 9.17) is 0 Å². The first-order valence-electron chi connectivity index (χ1n) is 4.39. The molecule has 0 atom stereocenters. The summed E-state index contributed by atoms with van der Waals surface area (Å²) in [5.41, 5.74) is 0.624. The van der Waals surface area contributed by atoms with Crippen molar-refractivity contribution >= 4 is 27.6 Å². The number of benzene rings is 1. The monoisotopic (exact) mass is 275 g/mol. The molecular weight excluding hydrogens is 265 g/mol. The van der Waals surface area contributed by atoms with Gasteiger partial charge in [-0.25, -0.2) is 4.39 Å². The molecule has 0 aliphatic rings. The Bertz CT molecular complexity index is 357. The zero-order valence-corrected chi connectivity index (χ0v) is 9.80. The van der Waals surface area contributed by atoms with Crippen molar-refractivity contribution in [2.24, 2.45) is 0 Å². The van der Waals surface area contributed by atoms with Crippen molar-refractivity contribution in [2.45, 2.75) is 6.42 Å². The maximum Gasteiger partial charge on any atom is 0.307 e. The number of nitrogens with one attached hydrogen (secondary N) is 1. The summed E-state index contributed by atoms with van der Waals surface area (Å²) in [5.74, 6) is -0.617. The Kier molecular flexibility index (Phi) is 4.55. The number of hydrogen-bond donors (Lipinski definition) is 1. The van der Waals surface area contributed by atoms with Crippen LogP contribution in [0.5, 0.6) is 0 Å². The van der Waals surface area contributed by atoms with Crippen molar-refractivity contribution in [1.82, 2.24) is 0 Å². The molecule has 0 saturated heterocycles. The predicted octanol–water partition coefficient (Wildman–Crippen LogP) is 2.56. The van der Waals surface area contributed by atoms with Crippen molar-refractivity contribution in [1.29, 1.82) is 0 Å². The molecule has 0 radical (unpaired) electrons. The van der Waals surface area contributed by atoms with Crippen LogP contribution in [0.3, 0.4) is 0 Å². The van der Waals surface area contributed by atoms with Crippen LogP contribution in [0.25, 0.3) is 0 Å². The van der Waals surface area contributed by atoms with Crippen molar-refractivity contribution in [3.63, 3.8) is 0 Å². The fourth-order valence-corrected chi connectivity index (χ4v) is 1.42. The minimum atomic E-state index is -0.321. The second-order valence-corrected chi connectivity index (χ2v) is 3.73. The smallest absolute Gasteiger partial charge is 0.307 e. The Morgan fingerprint density at radius 1 is 1.60 bits per heavy atom. The number of hydrogen-bond acceptors (Lipinski definition) is 3. The van der Waals surface area contributed by atoms with Crippen LogP contribution in [-0.4, -0.2) is 19.6 Å². The third-order valence-corrected chi connectivity index (χ3v) is 2.49. The second kappa shape index (κ2) is 5.70. The molecule has 3 nitrogen and oxygen atoms in total. The molecule has 15 heavy (non-hydrogen) atoms. The summed E-state index contributed by atoms with van der Waals surface area (Å²) >= 11 is 3.27. The van der Waals surface area contributed by atoms with Crippen LogP contribution in [-0.2, 0) is 9.53 Å². The van der Waals surface area contributed by atoms with Crippen molar-refractivity contribution < 1.29 is 13.9 Å². The molecule has 0 aromatic heterocycles. The summed E-state index contributed by atoms with van der Waals surface area (Å²) in [7, 11) is 1.33. The second-order valence-electron chi connectivity index (χ2n) is 2.88. The fraction of sp³-hybridized carbons (Fsp3) is 0.300. The largest absolute Gasteiger partial charge is 0.469 e. The summed E-state index contributed by atoms with van der Waals surface area (Å²) in [6.07, 6.45) is 0.249. The van der Waals surface area contributed by atoms with Gasteiger partial charge in [-0.3, -0.25) is 4.79 Å². The molecule has 0 amide bonds. The molecule has 1 rings (SSSR count). The quantitative estimate of drug-likeness (QED) is 0.859. The Morgan fingerprint density at radius 2 is 2.33 bits per heavy atom. The van der Waals surface area contributed by atoms with Crippen LogP contribution in [0.4, 0.5) is 10.1 Å². The molecule has 1 aromatic carbocycles. The zero-order chi connectivity index (χ0) is 11.3. The van der Waals surface area contributed by atoms with Gasteiger partial charge in [0.15, 0.2) is 0 Å². The van der Waals surface area contributed by atoms with Crippen molar-refractivity contribution in [3.05, 3.63) is 28.5 Å². The van der Waals surface area contributed by atoms with Crippen LogP contribution in [0.2, 0.25) is 0 Å². The molecule has 1 aromatic rings. The summed E-state index contributed by atoms with van der Waals surface area (Å²) < 4.78 is 18.1. The number of rotatable bonds is 4. The van der Waals surface area contributed by atoms with E-state index in [1.54, 1.807) is 6.07 Å². The Balaban J connectivity index is 2.50. The minimum Gasteiger partial charge on any atom is -0.469 e. The molecule has 82 valence electrons. The van der Waals surface area contributed by atoms with E-state index in [-0.39, 0.29) is 18.2 Å². The van der Waals surface area contributed by atoms with Crippen molar-refractivity contribution in [2.75, 3.05) is 19.0 Å². The Labute approximate surface area is 95.7 Å². The molecule has 0 bridgehead atoms. The molecule has 0 spiro atoms. The van der Waals surface area contributed by atoms with Crippen LogP contribution in [0.15, 0.2) is 22.7 Å². The van der Waals surface area contributed by atoms with E-state index in [1.807, 2.05) is 0 Å². The number of methoxy groups -OCH3 is 1. The standard InChI is InChI=1S/C10H11BrFNO2/c1-15-10(14)4-5-13-9-6-7(12)2-3-8(9)11/h2-3,6,13H,4-5H2,1H3. The van der Waals surface area contributed by atoms with E-state index in [1.165, 1.54) is 19.2 Å². The molecule has 0 aliphatic carbocycles. The molecule has 0 fully saturated rings. The number of carbonyl (C=O) groups excluding carboxylic acids is 1. The van der Waals surface area contributed by atoms with Gasteiger partial charge in [0.1, 0.15) is 5.82 Å². The summed E-state index contributed by atoms with van der Waals surface area (Å²) in [5, 5.41) is 2.93. The van der Waals surface area contributed by atoms with Crippen LogP contribution < -0.4 is 5.32 Å². The first kappa shape index (κ1) is 12.0. The van der Waals surface area contributed by atoms with Gasteiger partial charge in [0.25, 0.3) is 0 Å². The maximum atomic E-state index is 12.8. The van der Waals surface area contributed by atoms with E-state index >= 15 is 0 Å². The first-order valence-corrected chi connectivity index (χ1v) is 5.18. The van der Waals surface area contributed by atoms with Crippen molar-refractivity contribution in [3.8, 4) is 0 Å². The highest BCUT2D eigenvalue weighted by Gasteiger charge is 2.03. The third kappa shape index (κ3) is 3.87. The maximum absolute atomic E-state index is 12.8. The third-order valence-electron chi connectivity index (χ3n) is 1.80. The first-order chi connectivity index (χ1) is 7.13. The average molecular weight is 276 g/mol. The van der Waals surface area contributed by atoms with Gasteiger partial charge >= 0.3 is 5.97 Å². The lowest BCUT2D eigenvalue weighted by Crippen LogP contribution is -2.10. The molecule has 0 aliphatic heterocycles. The minimum absolute atomic E-state index is 0.249. The van der Waals surface area contributed by atoms with Gasteiger partial charge in [-0.2, -0.15) is 0 Å². The van der Waals surface area contributed by atoms with Gasteiger partial charge in [0.2, 0.25) is 0 Å². The van der Waals surface area contributed by atoms with Gasteiger partial charge in [0.05, 0.1) is 19.2 Å². The summed E-state index contributed by atoms with van der Waals surface area (Å²) in [6, 6.07) is 4.33. The van der Waals surface area contributed by atoms with E-state index in [0.717, 1.165) is 4.47 Å². The van der Waals surface area contributed by atoms with Crippen LogP contribution in [0, 0.1) is 5.82 Å². The van der Waals surface area contributed by atoms with Gasteiger partial charge < -0.3 is 10.1 Å². The van der Waals surface area contributed by atoms with E-state index in [9.17, 15) is 9.18 Å². The Morgan fingerprint density at radius 3 is 3.00 bits per heavy atom. The lowest BCUT2D eigenvalue weighted by Gasteiger charge is -2.07. The highest BCUT2D eigenvalue weighted by atomic mass is 79.9. The van der Waals surface area contributed by atoms with Gasteiger partial charge in [0, 0.05) is 11.0 Å². The zero-order valence-electron chi connectivity index (χ0n) is 8.22. The van der Waals surface area contributed by atoms with Crippen LogP contribution >= 0.6 is 15.9 Å². The molecule has 0 saturated carbocycles. The van der Waals surface area contributed by atoms with Gasteiger partial charge in [-0.15, -0.1) is 0 Å². The molecule has 5 heteroatoms. The van der Waals surface area contributed by atoms with E-state index in [0.29, 0.717) is 12.2 Å². The summed E-state index contributed by atoms with van der Waals surface area (Å²) in [4.78, 5) is 10.8. The SMILES string of the molecule is COC(=O)CCNc1cc(F)ccc1Br. The molecular formula is C10H11BrFNO2. The highest BCUT2D eigenvalue weighted by molar-refractivity contribution is 9.10. The van der Waals surface area contributed by atoms with Crippen LogP contribution in [0.1, 0.15) is 6.42 Å². The molecule has 0 heterocycles. The average Bonchev–Trinajstić information content (AvgIpc) is 2.23. The van der Waals surface area contributed by atoms with E-state index < -0.39 is 0 Å². The van der Waals surface area contributed by atoms with E-state index in [2.05, 4.69) is 26.0 Å². The number of ether oxygens (including phenoxy) is 1. The van der Waals surface area contributed by atoms with Gasteiger partial charge in [-0.1, -0.05) is 0 Å². The summed E-state index contributed by atoms with van der Waals surface area (Å²) in [6.45, 7) is 0.411. The number of carbonyl (C=O) groups is 1. The molecule has 0 unspecified atom stereocenters. The lowest BCUT2D eigenvalue weighted by atomic mass is 10.3. The Hall–Kier alpha value is -1.10. The predicted molar refractivity (Wildman–Crippen MR) is 59.2 cm³/mol.